The van der Waals surface area contributed by atoms with Crippen LogP contribution in [-0.2, 0) is 4.79 Å². The van der Waals surface area contributed by atoms with Crippen LogP contribution in [0.15, 0.2) is 42.5 Å². The predicted octanol–water partition coefficient (Wildman–Crippen LogP) is 3.37. The van der Waals surface area contributed by atoms with Crippen LogP contribution in [0.4, 0.5) is 0 Å². The summed E-state index contributed by atoms with van der Waals surface area (Å²) in [6, 6.07) is 13.3. The number of hydrogen-bond donors (Lipinski definition) is 2. The molecule has 4 heteroatoms. The average molecular weight is 267 g/mol. The van der Waals surface area contributed by atoms with E-state index in [4.69, 9.17) is 5.11 Å². The second-order valence-electron chi connectivity index (χ2n) is 4.75. The van der Waals surface area contributed by atoms with Crippen molar-refractivity contribution in [3.63, 3.8) is 0 Å². The first-order chi connectivity index (χ1) is 9.65. The maximum absolute atomic E-state index is 12.0. The number of ketones is 1. The van der Waals surface area contributed by atoms with Gasteiger partial charge in [-0.25, -0.2) is 0 Å². The van der Waals surface area contributed by atoms with Crippen molar-refractivity contribution < 1.29 is 14.7 Å². The number of benzene rings is 2. The molecule has 0 bridgehead atoms. The summed E-state index contributed by atoms with van der Waals surface area (Å²) in [5.41, 5.74) is 2.56. The zero-order chi connectivity index (χ0) is 14.1. The lowest BCUT2D eigenvalue weighted by atomic mass is 10.0. The molecular weight excluding hydrogens is 254 g/mol. The van der Waals surface area contributed by atoms with E-state index in [1.165, 1.54) is 0 Å². The van der Waals surface area contributed by atoms with Gasteiger partial charge in [-0.05, 0) is 24.3 Å². The fourth-order valence-electron chi connectivity index (χ4n) is 2.39. The van der Waals surface area contributed by atoms with E-state index >= 15 is 0 Å². The number of nitrogens with one attached hydrogen (secondary N) is 1. The third-order valence-corrected chi connectivity index (χ3v) is 3.39. The zero-order valence-corrected chi connectivity index (χ0v) is 10.7. The van der Waals surface area contributed by atoms with Crippen LogP contribution in [0.2, 0.25) is 0 Å². The van der Waals surface area contributed by atoms with Gasteiger partial charge in [0, 0.05) is 33.8 Å². The highest BCUT2D eigenvalue weighted by molar-refractivity contribution is 6.10. The minimum Gasteiger partial charge on any atom is -0.481 e. The molecule has 0 atom stereocenters. The molecule has 2 aromatic carbocycles. The molecule has 0 radical (unpaired) electrons. The summed E-state index contributed by atoms with van der Waals surface area (Å²) in [4.78, 5) is 25.8. The molecule has 2 N–H and O–H groups in total. The van der Waals surface area contributed by atoms with Gasteiger partial charge in [0.15, 0.2) is 5.78 Å². The highest BCUT2D eigenvalue weighted by atomic mass is 16.4. The van der Waals surface area contributed by atoms with Crippen LogP contribution in [0.1, 0.15) is 23.2 Å². The van der Waals surface area contributed by atoms with E-state index in [0.717, 1.165) is 21.8 Å². The van der Waals surface area contributed by atoms with Crippen LogP contribution < -0.4 is 0 Å². The van der Waals surface area contributed by atoms with E-state index in [1.807, 2.05) is 36.4 Å². The summed E-state index contributed by atoms with van der Waals surface area (Å²) < 4.78 is 0. The molecule has 20 heavy (non-hydrogen) atoms. The van der Waals surface area contributed by atoms with E-state index in [9.17, 15) is 9.59 Å². The third kappa shape index (κ3) is 2.16. The molecule has 100 valence electrons. The molecule has 3 rings (SSSR count). The van der Waals surface area contributed by atoms with Gasteiger partial charge >= 0.3 is 5.97 Å². The number of Topliss-reactive ketones (excluding diaryl/α,β-unsaturated/α-hetero) is 1. The zero-order valence-electron chi connectivity index (χ0n) is 10.7. The van der Waals surface area contributed by atoms with Crippen LogP contribution in [0, 0.1) is 0 Å². The summed E-state index contributed by atoms with van der Waals surface area (Å²) in [5.74, 6) is -1.09. The monoisotopic (exact) mass is 267 g/mol. The quantitative estimate of drug-likeness (QED) is 0.712. The Bertz CT molecular complexity index is 817. The molecule has 0 aliphatic rings. The molecule has 0 amide bonds. The maximum atomic E-state index is 12.0. The molecule has 0 spiro atoms. The predicted molar refractivity (Wildman–Crippen MR) is 77.0 cm³/mol. The van der Waals surface area contributed by atoms with Crippen molar-refractivity contribution in [1.82, 2.24) is 4.98 Å². The number of carboxylic acid groups (broad SMARTS) is 1. The van der Waals surface area contributed by atoms with Gasteiger partial charge in [-0.2, -0.15) is 0 Å². The lowest BCUT2D eigenvalue weighted by Gasteiger charge is -2.00. The number of aliphatic carboxylic acids is 1. The van der Waals surface area contributed by atoms with Crippen LogP contribution in [0.3, 0.4) is 0 Å². The van der Waals surface area contributed by atoms with Gasteiger partial charge in [0.1, 0.15) is 0 Å². The Hall–Kier alpha value is -2.62. The number of rotatable bonds is 4. The molecule has 0 aliphatic carbocycles. The topological polar surface area (TPSA) is 70.2 Å². The smallest absolute Gasteiger partial charge is 0.303 e. The molecule has 0 fully saturated rings. The van der Waals surface area contributed by atoms with Crippen molar-refractivity contribution in [3.8, 4) is 0 Å². The van der Waals surface area contributed by atoms with Gasteiger partial charge in [0.25, 0.3) is 0 Å². The first-order valence-electron chi connectivity index (χ1n) is 6.40. The number of aromatic nitrogens is 1. The van der Waals surface area contributed by atoms with Gasteiger partial charge in [-0.15, -0.1) is 0 Å². The Labute approximate surface area is 115 Å². The lowest BCUT2D eigenvalue weighted by Crippen LogP contribution is -2.03. The lowest BCUT2D eigenvalue weighted by molar-refractivity contribution is -0.136. The molecule has 0 saturated heterocycles. The summed E-state index contributed by atoms with van der Waals surface area (Å²) in [5, 5.41) is 10.7. The van der Waals surface area contributed by atoms with Gasteiger partial charge in [-0.3, -0.25) is 9.59 Å². The van der Waals surface area contributed by atoms with E-state index in [-0.39, 0.29) is 18.6 Å². The van der Waals surface area contributed by atoms with Gasteiger partial charge in [0.05, 0.1) is 6.42 Å². The van der Waals surface area contributed by atoms with Crippen molar-refractivity contribution in [2.45, 2.75) is 12.8 Å². The van der Waals surface area contributed by atoms with E-state index in [1.54, 1.807) is 6.07 Å². The normalized spacial score (nSPS) is 11.0. The van der Waals surface area contributed by atoms with Crippen molar-refractivity contribution in [3.05, 3.63) is 48.0 Å². The van der Waals surface area contributed by atoms with Crippen LogP contribution >= 0.6 is 0 Å². The van der Waals surface area contributed by atoms with Crippen LogP contribution in [0.25, 0.3) is 21.8 Å². The van der Waals surface area contributed by atoms with Crippen LogP contribution in [-0.4, -0.2) is 21.8 Å². The molecule has 1 aromatic heterocycles. The van der Waals surface area contributed by atoms with Gasteiger partial charge < -0.3 is 10.1 Å². The summed E-state index contributed by atoms with van der Waals surface area (Å²) in [6.45, 7) is 0. The minimum absolute atomic E-state index is 0.0309. The van der Waals surface area contributed by atoms with Crippen molar-refractivity contribution in [1.29, 1.82) is 0 Å². The van der Waals surface area contributed by atoms with Gasteiger partial charge in [-0.1, -0.05) is 18.2 Å². The molecule has 0 aliphatic heterocycles. The number of carbonyl (C=O) groups excluding carboxylic acids is 1. The molecule has 4 nitrogen and oxygen atoms in total. The molecule has 3 aromatic rings. The van der Waals surface area contributed by atoms with E-state index < -0.39 is 5.97 Å². The Balaban J connectivity index is 2.03. The van der Waals surface area contributed by atoms with E-state index in [2.05, 4.69) is 4.98 Å². The Morgan fingerprint density at radius 2 is 1.70 bits per heavy atom. The summed E-state index contributed by atoms with van der Waals surface area (Å²) >= 11 is 0. The highest BCUT2D eigenvalue weighted by Crippen LogP contribution is 2.26. The first-order valence-corrected chi connectivity index (χ1v) is 6.40. The SMILES string of the molecule is O=C(O)CCC(=O)c1ccc2[nH]c3ccccc3c2c1. The van der Waals surface area contributed by atoms with E-state index in [0.29, 0.717) is 5.56 Å². The summed E-state index contributed by atoms with van der Waals surface area (Å²) in [6.07, 6.45) is -0.103. The number of aromatic amines is 1. The number of H-pyrrole nitrogens is 1. The molecule has 0 unspecified atom stereocenters. The second-order valence-corrected chi connectivity index (χ2v) is 4.75. The number of fused-ring (bicyclic) bond motifs is 3. The number of carbonyl (C=O) groups is 2. The fraction of sp³-hybridized carbons (Fsp3) is 0.125. The third-order valence-electron chi connectivity index (χ3n) is 3.39. The molecular formula is C16H13NO3. The van der Waals surface area contributed by atoms with Crippen molar-refractivity contribution in [2.75, 3.05) is 0 Å². The largest absolute Gasteiger partial charge is 0.481 e. The van der Waals surface area contributed by atoms with Crippen molar-refractivity contribution >= 4 is 33.6 Å². The number of hydrogen-bond acceptors (Lipinski definition) is 2. The summed E-state index contributed by atoms with van der Waals surface area (Å²) in [7, 11) is 0. The Morgan fingerprint density at radius 1 is 0.950 bits per heavy atom. The highest BCUT2D eigenvalue weighted by Gasteiger charge is 2.11. The second kappa shape index (κ2) is 4.81. The number of carboxylic acids is 1. The first kappa shape index (κ1) is 12.4. The molecule has 0 saturated carbocycles. The van der Waals surface area contributed by atoms with Crippen molar-refractivity contribution in [2.24, 2.45) is 0 Å². The Kier molecular flexibility index (Phi) is 2.99. The molecule has 1 heterocycles. The Morgan fingerprint density at radius 3 is 2.50 bits per heavy atom. The average Bonchev–Trinajstić information content (AvgIpc) is 2.82. The van der Waals surface area contributed by atoms with Crippen LogP contribution in [0.5, 0.6) is 0 Å². The fourth-order valence-corrected chi connectivity index (χ4v) is 2.39. The van der Waals surface area contributed by atoms with Gasteiger partial charge in [0.2, 0.25) is 0 Å². The minimum atomic E-state index is -0.952. The maximum Gasteiger partial charge on any atom is 0.303 e. The number of para-hydroxylation sites is 1. The standard InChI is InChI=1S/C16H13NO3/c18-15(7-8-16(19)20)10-5-6-14-12(9-10)11-3-1-2-4-13(11)17-14/h1-6,9,17H,7-8H2,(H,19,20).